The maximum atomic E-state index is 6.01. The number of furan rings is 1. The number of fused-ring (bicyclic) bond motifs is 3. The fraction of sp³-hybridized carbons (Fsp3) is 0.100. The van der Waals surface area contributed by atoms with E-state index in [4.69, 9.17) is 4.42 Å². The van der Waals surface area contributed by atoms with Crippen LogP contribution < -0.4 is 0 Å². The van der Waals surface area contributed by atoms with E-state index in [0.29, 0.717) is 0 Å². The van der Waals surface area contributed by atoms with E-state index in [2.05, 4.69) is 62.4 Å². The van der Waals surface area contributed by atoms with Crippen molar-refractivity contribution in [3.63, 3.8) is 0 Å². The van der Waals surface area contributed by atoms with Crippen molar-refractivity contribution in [2.75, 3.05) is 0 Å². The van der Waals surface area contributed by atoms with Gasteiger partial charge < -0.3 is 4.42 Å². The van der Waals surface area contributed by atoms with Gasteiger partial charge in [-0.25, -0.2) is 0 Å². The predicted molar refractivity (Wildman–Crippen MR) is 88.6 cm³/mol. The third-order valence-corrected chi connectivity index (χ3v) is 4.17. The summed E-state index contributed by atoms with van der Waals surface area (Å²) in [4.78, 5) is 0. The van der Waals surface area contributed by atoms with Crippen molar-refractivity contribution in [3.8, 4) is 11.1 Å². The van der Waals surface area contributed by atoms with Crippen molar-refractivity contribution >= 4 is 21.9 Å². The molecule has 0 unspecified atom stereocenters. The van der Waals surface area contributed by atoms with Crippen molar-refractivity contribution in [2.24, 2.45) is 0 Å². The molecule has 0 aliphatic rings. The van der Waals surface area contributed by atoms with E-state index < -0.39 is 0 Å². The second-order valence-electron chi connectivity index (χ2n) is 5.54. The summed E-state index contributed by atoms with van der Waals surface area (Å²) in [7, 11) is 0. The van der Waals surface area contributed by atoms with Crippen LogP contribution in [0.25, 0.3) is 33.1 Å². The lowest BCUT2D eigenvalue weighted by Crippen LogP contribution is -1.87. The molecule has 0 radical (unpaired) electrons. The van der Waals surface area contributed by atoms with Crippen LogP contribution in [0.4, 0.5) is 0 Å². The highest BCUT2D eigenvalue weighted by Crippen LogP contribution is 2.39. The molecule has 0 spiro atoms. The number of aryl methyl sites for hydroxylation is 2. The summed E-state index contributed by atoms with van der Waals surface area (Å²) in [6.07, 6.45) is 0. The molecule has 0 N–H and O–H groups in total. The number of para-hydroxylation sites is 1. The first-order valence-corrected chi connectivity index (χ1v) is 7.22. The molecule has 4 rings (SSSR count). The van der Waals surface area contributed by atoms with Gasteiger partial charge in [0, 0.05) is 10.8 Å². The Morgan fingerprint density at radius 2 is 1.43 bits per heavy atom. The fourth-order valence-corrected chi connectivity index (χ4v) is 3.12. The summed E-state index contributed by atoms with van der Waals surface area (Å²) in [5, 5.41) is 2.41. The van der Waals surface area contributed by atoms with Crippen LogP contribution in [-0.4, -0.2) is 0 Å². The minimum Gasteiger partial charge on any atom is -0.456 e. The maximum absolute atomic E-state index is 6.01. The van der Waals surface area contributed by atoms with Gasteiger partial charge in [-0.15, -0.1) is 0 Å². The number of hydrogen-bond donors (Lipinski definition) is 0. The zero-order valence-electron chi connectivity index (χ0n) is 12.2. The van der Waals surface area contributed by atoms with Crippen LogP contribution in [0, 0.1) is 13.8 Å². The Balaban J connectivity index is 2.22. The largest absolute Gasteiger partial charge is 0.456 e. The Hall–Kier alpha value is -2.54. The summed E-state index contributed by atoms with van der Waals surface area (Å²) in [6.45, 7) is 4.33. The molecular weight excluding hydrogens is 256 g/mol. The Kier molecular flexibility index (Phi) is 2.61. The van der Waals surface area contributed by atoms with Gasteiger partial charge in [-0.1, -0.05) is 48.5 Å². The lowest BCUT2D eigenvalue weighted by molar-refractivity contribution is 0.669. The molecule has 0 atom stereocenters. The van der Waals surface area contributed by atoms with E-state index >= 15 is 0 Å². The molecule has 1 nitrogen and oxygen atoms in total. The van der Waals surface area contributed by atoms with Crippen molar-refractivity contribution in [1.82, 2.24) is 0 Å². The molecule has 0 aliphatic heterocycles. The van der Waals surface area contributed by atoms with Gasteiger partial charge >= 0.3 is 0 Å². The van der Waals surface area contributed by atoms with Crippen LogP contribution in [0.2, 0.25) is 0 Å². The lowest BCUT2D eigenvalue weighted by Gasteiger charge is -2.10. The molecule has 0 amide bonds. The summed E-state index contributed by atoms with van der Waals surface area (Å²) in [6, 6.07) is 21.0. The number of hydrogen-bond acceptors (Lipinski definition) is 1. The quantitative estimate of drug-likeness (QED) is 0.422. The first-order valence-electron chi connectivity index (χ1n) is 7.22. The second kappa shape index (κ2) is 4.49. The number of benzene rings is 3. The van der Waals surface area contributed by atoms with Gasteiger partial charge in [0.25, 0.3) is 0 Å². The van der Waals surface area contributed by atoms with Crippen molar-refractivity contribution < 1.29 is 4.42 Å². The molecule has 3 aromatic carbocycles. The van der Waals surface area contributed by atoms with Gasteiger partial charge in [0.05, 0.1) is 0 Å². The van der Waals surface area contributed by atoms with E-state index in [0.717, 1.165) is 11.2 Å². The molecule has 102 valence electrons. The minimum absolute atomic E-state index is 0.952. The van der Waals surface area contributed by atoms with Crippen LogP contribution in [0.1, 0.15) is 11.1 Å². The minimum atomic E-state index is 0.952. The van der Waals surface area contributed by atoms with E-state index in [-0.39, 0.29) is 0 Å². The van der Waals surface area contributed by atoms with E-state index in [1.54, 1.807) is 0 Å². The summed E-state index contributed by atoms with van der Waals surface area (Å²) >= 11 is 0. The van der Waals surface area contributed by atoms with Crippen LogP contribution in [0.5, 0.6) is 0 Å². The van der Waals surface area contributed by atoms with Gasteiger partial charge in [0.15, 0.2) is 0 Å². The predicted octanol–water partition coefficient (Wildman–Crippen LogP) is 5.87. The summed E-state index contributed by atoms with van der Waals surface area (Å²) in [5.74, 6) is 0. The highest BCUT2D eigenvalue weighted by molar-refractivity contribution is 6.13. The van der Waals surface area contributed by atoms with Crippen molar-refractivity contribution in [1.29, 1.82) is 0 Å². The molecule has 0 fully saturated rings. The van der Waals surface area contributed by atoms with Gasteiger partial charge in [0.1, 0.15) is 11.2 Å². The number of rotatable bonds is 1. The normalized spacial score (nSPS) is 11.3. The Labute approximate surface area is 123 Å². The molecule has 1 heteroatoms. The molecule has 0 saturated carbocycles. The molecule has 1 heterocycles. The van der Waals surface area contributed by atoms with E-state index in [9.17, 15) is 0 Å². The standard InChI is InChI=1S/C20H16O/c1-13-7-3-4-8-15(13)19-14(2)11-12-18-20(19)16-9-5-6-10-17(16)21-18/h3-12H,1-2H3. The average molecular weight is 272 g/mol. The molecular formula is C20H16O. The zero-order chi connectivity index (χ0) is 14.4. The molecule has 0 bridgehead atoms. The third kappa shape index (κ3) is 1.78. The Morgan fingerprint density at radius 1 is 0.667 bits per heavy atom. The van der Waals surface area contributed by atoms with E-state index in [1.165, 1.54) is 33.0 Å². The average Bonchev–Trinajstić information content (AvgIpc) is 2.87. The van der Waals surface area contributed by atoms with Crippen molar-refractivity contribution in [2.45, 2.75) is 13.8 Å². The Morgan fingerprint density at radius 3 is 2.29 bits per heavy atom. The fourth-order valence-electron chi connectivity index (χ4n) is 3.12. The van der Waals surface area contributed by atoms with Crippen molar-refractivity contribution in [3.05, 3.63) is 71.8 Å². The van der Waals surface area contributed by atoms with E-state index in [1.807, 2.05) is 12.1 Å². The van der Waals surface area contributed by atoms with Crippen LogP contribution >= 0.6 is 0 Å². The van der Waals surface area contributed by atoms with Gasteiger partial charge in [0.2, 0.25) is 0 Å². The Bertz CT molecular complexity index is 960. The van der Waals surface area contributed by atoms with Crippen LogP contribution in [0.3, 0.4) is 0 Å². The SMILES string of the molecule is Cc1ccccc1-c1c(C)ccc2oc3ccccc3c12. The van der Waals surface area contributed by atoms with Gasteiger partial charge in [-0.3, -0.25) is 0 Å². The first kappa shape index (κ1) is 12.2. The first-order chi connectivity index (χ1) is 10.3. The molecule has 21 heavy (non-hydrogen) atoms. The lowest BCUT2D eigenvalue weighted by atomic mass is 9.92. The molecule has 0 aliphatic carbocycles. The van der Waals surface area contributed by atoms with Gasteiger partial charge in [-0.2, -0.15) is 0 Å². The highest BCUT2D eigenvalue weighted by Gasteiger charge is 2.15. The summed E-state index contributed by atoms with van der Waals surface area (Å²) in [5.41, 5.74) is 7.05. The second-order valence-corrected chi connectivity index (χ2v) is 5.54. The molecule has 1 aromatic heterocycles. The van der Waals surface area contributed by atoms with Gasteiger partial charge in [-0.05, 0) is 48.2 Å². The monoisotopic (exact) mass is 272 g/mol. The third-order valence-electron chi connectivity index (χ3n) is 4.17. The van der Waals surface area contributed by atoms with Crippen LogP contribution in [-0.2, 0) is 0 Å². The maximum Gasteiger partial charge on any atom is 0.136 e. The topological polar surface area (TPSA) is 13.1 Å². The summed E-state index contributed by atoms with van der Waals surface area (Å²) < 4.78 is 6.01. The molecule has 4 aromatic rings. The smallest absolute Gasteiger partial charge is 0.136 e. The zero-order valence-corrected chi connectivity index (χ0v) is 12.2. The molecule has 0 saturated heterocycles. The highest BCUT2D eigenvalue weighted by atomic mass is 16.3. The van der Waals surface area contributed by atoms with Crippen LogP contribution in [0.15, 0.2) is 65.1 Å².